The van der Waals surface area contributed by atoms with E-state index < -0.39 is 18.5 Å². The monoisotopic (exact) mass is 557 g/mol. The van der Waals surface area contributed by atoms with Crippen LogP contribution in [-0.2, 0) is 29.1 Å². The van der Waals surface area contributed by atoms with Crippen molar-refractivity contribution in [3.63, 3.8) is 0 Å². The van der Waals surface area contributed by atoms with Crippen molar-refractivity contribution in [2.24, 2.45) is 5.16 Å². The molecule has 1 aliphatic carbocycles. The SMILES string of the molecule is O=C(COc1ccc2c(c1)CCCC2=NOCc1ccc(CC(F)(F)F)cc1)Nc1nc2cc(Cl)ccc2o1. The summed E-state index contributed by atoms with van der Waals surface area (Å²) in [5.74, 6) is 0.113. The van der Waals surface area contributed by atoms with Gasteiger partial charge in [-0.1, -0.05) is 41.0 Å². The molecule has 1 aliphatic rings. The highest BCUT2D eigenvalue weighted by atomic mass is 35.5. The van der Waals surface area contributed by atoms with Gasteiger partial charge in [-0.25, -0.2) is 0 Å². The highest BCUT2D eigenvalue weighted by Crippen LogP contribution is 2.27. The summed E-state index contributed by atoms with van der Waals surface area (Å²) in [5, 5.41) is 7.37. The molecule has 1 amide bonds. The molecule has 0 fully saturated rings. The molecule has 5 rings (SSSR count). The number of anilines is 1. The number of oxime groups is 1. The summed E-state index contributed by atoms with van der Waals surface area (Å²) >= 11 is 5.95. The number of benzene rings is 3. The Kier molecular flexibility index (Phi) is 7.74. The third kappa shape index (κ3) is 7.08. The second kappa shape index (κ2) is 11.4. The highest BCUT2D eigenvalue weighted by molar-refractivity contribution is 6.31. The lowest BCUT2D eigenvalue weighted by Gasteiger charge is -2.18. The van der Waals surface area contributed by atoms with Crippen LogP contribution in [0.25, 0.3) is 11.1 Å². The molecule has 4 aromatic rings. The largest absolute Gasteiger partial charge is 0.484 e. The van der Waals surface area contributed by atoms with Gasteiger partial charge in [0.2, 0.25) is 0 Å². The number of fused-ring (bicyclic) bond motifs is 2. The number of oxazole rings is 1. The molecule has 0 spiro atoms. The van der Waals surface area contributed by atoms with Gasteiger partial charge in [-0.3, -0.25) is 10.1 Å². The Labute approximate surface area is 226 Å². The van der Waals surface area contributed by atoms with E-state index in [1.54, 1.807) is 36.4 Å². The van der Waals surface area contributed by atoms with Gasteiger partial charge in [-0.2, -0.15) is 18.2 Å². The lowest BCUT2D eigenvalue weighted by atomic mass is 9.90. The first-order chi connectivity index (χ1) is 18.7. The minimum atomic E-state index is -4.24. The van der Waals surface area contributed by atoms with Crippen molar-refractivity contribution >= 4 is 40.3 Å². The fourth-order valence-corrected chi connectivity index (χ4v) is 4.42. The average Bonchev–Trinajstić information content (AvgIpc) is 3.28. The van der Waals surface area contributed by atoms with E-state index in [4.69, 9.17) is 25.6 Å². The van der Waals surface area contributed by atoms with Crippen LogP contribution in [-0.4, -0.2) is 29.4 Å². The van der Waals surface area contributed by atoms with Crippen LogP contribution in [0.4, 0.5) is 19.2 Å². The van der Waals surface area contributed by atoms with Crippen molar-refractivity contribution in [1.29, 1.82) is 0 Å². The Morgan fingerprint density at radius 2 is 1.85 bits per heavy atom. The first-order valence-electron chi connectivity index (χ1n) is 12.2. The molecule has 0 saturated carbocycles. The number of aromatic nitrogens is 1. The second-order valence-corrected chi connectivity index (χ2v) is 9.50. The normalized spacial score (nSPS) is 14.3. The van der Waals surface area contributed by atoms with Gasteiger partial charge >= 0.3 is 12.2 Å². The lowest BCUT2D eigenvalue weighted by Crippen LogP contribution is -2.20. The standard InChI is InChI=1S/C28H23ClF3N3O4/c29-20-8-11-25-24(13-20)33-27(39-25)34-26(36)16-37-21-9-10-22-19(12-21)2-1-3-23(22)35-38-15-18-6-4-17(5-7-18)14-28(30,31)32/h4-13H,1-3,14-16H2,(H,33,34,36). The fourth-order valence-electron chi connectivity index (χ4n) is 4.25. The zero-order valence-corrected chi connectivity index (χ0v) is 21.3. The van der Waals surface area contributed by atoms with Gasteiger partial charge in [-0.15, -0.1) is 0 Å². The minimum absolute atomic E-state index is 0.0596. The molecule has 3 aromatic carbocycles. The second-order valence-electron chi connectivity index (χ2n) is 9.06. The zero-order chi connectivity index (χ0) is 27.4. The van der Waals surface area contributed by atoms with Gasteiger partial charge in [0.25, 0.3) is 5.91 Å². The highest BCUT2D eigenvalue weighted by Gasteiger charge is 2.27. The van der Waals surface area contributed by atoms with Crippen LogP contribution in [0.15, 0.2) is 70.2 Å². The van der Waals surface area contributed by atoms with Crippen LogP contribution >= 0.6 is 11.6 Å². The van der Waals surface area contributed by atoms with E-state index in [0.29, 0.717) is 21.9 Å². The molecule has 0 unspecified atom stereocenters. The quantitative estimate of drug-likeness (QED) is 0.239. The number of hydrogen-bond donors (Lipinski definition) is 1. The van der Waals surface area contributed by atoms with Crippen molar-refractivity contribution in [3.8, 4) is 5.75 Å². The molecule has 0 saturated heterocycles. The van der Waals surface area contributed by atoms with E-state index in [1.165, 1.54) is 12.1 Å². The van der Waals surface area contributed by atoms with Crippen molar-refractivity contribution in [3.05, 3.63) is 87.9 Å². The van der Waals surface area contributed by atoms with E-state index in [2.05, 4.69) is 15.5 Å². The summed E-state index contributed by atoms with van der Waals surface area (Å²) in [6, 6.07) is 16.7. The third-order valence-electron chi connectivity index (χ3n) is 6.05. The van der Waals surface area contributed by atoms with Crippen molar-refractivity contribution in [2.45, 2.75) is 38.5 Å². The van der Waals surface area contributed by atoms with Crippen LogP contribution in [0.5, 0.6) is 5.75 Å². The molecule has 39 heavy (non-hydrogen) atoms. The maximum absolute atomic E-state index is 12.5. The predicted octanol–water partition coefficient (Wildman–Crippen LogP) is 6.86. The first kappa shape index (κ1) is 26.6. The summed E-state index contributed by atoms with van der Waals surface area (Å²) in [4.78, 5) is 22.0. The molecule has 1 N–H and O–H groups in total. The Hall–Kier alpha value is -4.05. The topological polar surface area (TPSA) is 86.0 Å². The Bertz CT molecular complexity index is 1520. The van der Waals surface area contributed by atoms with Gasteiger partial charge in [0, 0.05) is 10.6 Å². The fraction of sp³-hybridized carbons (Fsp3) is 0.250. The summed E-state index contributed by atoms with van der Waals surface area (Å²) < 4.78 is 48.7. The lowest BCUT2D eigenvalue weighted by molar-refractivity contribution is -0.127. The summed E-state index contributed by atoms with van der Waals surface area (Å²) in [6.45, 7) is -0.0847. The summed E-state index contributed by atoms with van der Waals surface area (Å²) in [7, 11) is 0. The molecular weight excluding hydrogens is 535 g/mol. The van der Waals surface area contributed by atoms with Gasteiger partial charge in [0.05, 0.1) is 12.1 Å². The number of rotatable bonds is 8. The molecular formula is C28H23ClF3N3O4. The first-order valence-corrected chi connectivity index (χ1v) is 12.5. The number of alkyl halides is 3. The smallest absolute Gasteiger partial charge is 0.393 e. The number of amides is 1. The van der Waals surface area contributed by atoms with Gasteiger partial charge < -0.3 is 14.0 Å². The molecule has 0 atom stereocenters. The molecule has 0 bridgehead atoms. The molecule has 1 heterocycles. The molecule has 0 aliphatic heterocycles. The molecule has 7 nitrogen and oxygen atoms in total. The van der Waals surface area contributed by atoms with Crippen LogP contribution in [0.2, 0.25) is 5.02 Å². The van der Waals surface area contributed by atoms with E-state index >= 15 is 0 Å². The predicted molar refractivity (Wildman–Crippen MR) is 140 cm³/mol. The van der Waals surface area contributed by atoms with E-state index in [-0.39, 0.29) is 24.8 Å². The zero-order valence-electron chi connectivity index (χ0n) is 20.6. The number of carbonyl (C=O) groups excluding carboxylic acids is 1. The van der Waals surface area contributed by atoms with Crippen molar-refractivity contribution < 1.29 is 32.0 Å². The number of carbonyl (C=O) groups is 1. The van der Waals surface area contributed by atoms with E-state index in [9.17, 15) is 18.0 Å². The van der Waals surface area contributed by atoms with Gasteiger partial charge in [-0.05, 0) is 72.4 Å². The maximum atomic E-state index is 12.5. The molecule has 11 heteroatoms. The van der Waals surface area contributed by atoms with E-state index in [1.807, 2.05) is 12.1 Å². The average molecular weight is 558 g/mol. The number of hydrogen-bond acceptors (Lipinski definition) is 6. The van der Waals surface area contributed by atoms with Crippen LogP contribution in [0, 0.1) is 0 Å². The molecule has 202 valence electrons. The van der Waals surface area contributed by atoms with Crippen LogP contribution in [0.1, 0.15) is 35.1 Å². The summed E-state index contributed by atoms with van der Waals surface area (Å²) in [5.41, 5.74) is 4.71. The van der Waals surface area contributed by atoms with Crippen molar-refractivity contribution in [2.75, 3.05) is 11.9 Å². The Balaban J connectivity index is 1.15. The Morgan fingerprint density at radius 3 is 2.64 bits per heavy atom. The van der Waals surface area contributed by atoms with Crippen LogP contribution in [0.3, 0.4) is 0 Å². The van der Waals surface area contributed by atoms with Crippen LogP contribution < -0.4 is 10.1 Å². The minimum Gasteiger partial charge on any atom is -0.484 e. The number of aryl methyl sites for hydroxylation is 1. The maximum Gasteiger partial charge on any atom is 0.393 e. The van der Waals surface area contributed by atoms with E-state index in [0.717, 1.165) is 41.7 Å². The van der Waals surface area contributed by atoms with Gasteiger partial charge in [0.1, 0.15) is 17.9 Å². The molecule has 0 radical (unpaired) electrons. The van der Waals surface area contributed by atoms with Crippen molar-refractivity contribution in [1.82, 2.24) is 4.98 Å². The summed E-state index contributed by atoms with van der Waals surface area (Å²) in [6.07, 6.45) is -2.77. The number of nitrogens with one attached hydrogen (secondary N) is 1. The Morgan fingerprint density at radius 1 is 1.05 bits per heavy atom. The molecule has 1 aromatic heterocycles. The number of ether oxygens (including phenoxy) is 1. The number of halogens is 4. The van der Waals surface area contributed by atoms with Gasteiger partial charge in [0.15, 0.2) is 12.2 Å². The number of nitrogens with zero attached hydrogens (tertiary/aromatic N) is 2. The third-order valence-corrected chi connectivity index (χ3v) is 6.28.